The number of nitrogens with one attached hydrogen (secondary N) is 3. The van der Waals surface area contributed by atoms with Crippen molar-refractivity contribution < 1.29 is 9.47 Å². The lowest BCUT2D eigenvalue weighted by molar-refractivity contribution is 0.212. The Hall–Kier alpha value is -4.30. The highest BCUT2D eigenvalue weighted by molar-refractivity contribution is 5.51. The molecule has 0 bridgehead atoms. The SMILES string of the molecule is COc1ccnc(Nc2cnn(C3CCN(C)CC3)c2)n1.COc1ccnc(Nc2cnn(C3CCNCC3)c2)n1. The van der Waals surface area contributed by atoms with Crippen LogP contribution in [-0.4, -0.2) is 91.8 Å². The van der Waals surface area contributed by atoms with E-state index in [2.05, 4.69) is 58.0 Å². The van der Waals surface area contributed by atoms with E-state index in [0.29, 0.717) is 35.7 Å². The summed E-state index contributed by atoms with van der Waals surface area (Å²) in [6.45, 7) is 4.33. The van der Waals surface area contributed by atoms with Crippen LogP contribution in [0, 0.1) is 0 Å². The summed E-state index contributed by atoms with van der Waals surface area (Å²) in [5.74, 6) is 2.09. The van der Waals surface area contributed by atoms with E-state index in [1.54, 1.807) is 51.1 Å². The van der Waals surface area contributed by atoms with E-state index < -0.39 is 0 Å². The summed E-state index contributed by atoms with van der Waals surface area (Å²) in [6, 6.07) is 4.37. The molecule has 0 atom stereocenters. The number of ether oxygens (including phenoxy) is 2. The zero-order valence-corrected chi connectivity index (χ0v) is 23.8. The fourth-order valence-corrected chi connectivity index (χ4v) is 4.83. The molecule has 0 aliphatic carbocycles. The number of methoxy groups -OCH3 is 2. The van der Waals surface area contributed by atoms with Crippen LogP contribution in [0.25, 0.3) is 0 Å². The van der Waals surface area contributed by atoms with Gasteiger partial charge in [0.15, 0.2) is 0 Å². The molecule has 0 spiro atoms. The van der Waals surface area contributed by atoms with Gasteiger partial charge < -0.3 is 30.3 Å². The Balaban J connectivity index is 0.000000165. The van der Waals surface area contributed by atoms with Crippen LogP contribution in [0.2, 0.25) is 0 Å². The maximum Gasteiger partial charge on any atom is 0.230 e. The predicted octanol–water partition coefficient (Wildman–Crippen LogP) is 3.04. The van der Waals surface area contributed by atoms with Crippen LogP contribution >= 0.6 is 0 Å². The lowest BCUT2D eigenvalue weighted by Gasteiger charge is -2.28. The average Bonchev–Trinajstić information content (AvgIpc) is 3.69. The third-order valence-corrected chi connectivity index (χ3v) is 7.14. The van der Waals surface area contributed by atoms with Crippen molar-refractivity contribution in [1.82, 2.24) is 49.7 Å². The summed E-state index contributed by atoms with van der Waals surface area (Å²) < 4.78 is 14.2. The minimum atomic E-state index is 0.470. The molecule has 0 aromatic carbocycles. The lowest BCUT2D eigenvalue weighted by atomic mass is 10.1. The number of aromatic nitrogens is 8. The van der Waals surface area contributed by atoms with Crippen LogP contribution in [0.4, 0.5) is 23.3 Å². The fourth-order valence-electron chi connectivity index (χ4n) is 4.83. The van der Waals surface area contributed by atoms with Crippen LogP contribution in [0.15, 0.2) is 49.3 Å². The summed E-state index contributed by atoms with van der Waals surface area (Å²) in [6.07, 6.45) is 15.4. The highest BCUT2D eigenvalue weighted by Gasteiger charge is 2.19. The van der Waals surface area contributed by atoms with Crippen molar-refractivity contribution in [2.75, 3.05) is 58.1 Å². The predicted molar refractivity (Wildman–Crippen MR) is 155 cm³/mol. The summed E-state index contributed by atoms with van der Waals surface area (Å²) in [5.41, 5.74) is 1.78. The number of hydrogen-bond acceptors (Lipinski definition) is 12. The lowest BCUT2D eigenvalue weighted by Crippen LogP contribution is -2.31. The Kier molecular flexibility index (Phi) is 9.54. The molecule has 2 aliphatic heterocycles. The maximum absolute atomic E-state index is 5.09. The Morgan fingerprint density at radius 2 is 1.24 bits per heavy atom. The molecular formula is C27H38N12O2. The van der Waals surface area contributed by atoms with Crippen molar-refractivity contribution in [3.63, 3.8) is 0 Å². The molecule has 4 aromatic rings. The third-order valence-electron chi connectivity index (χ3n) is 7.14. The second-order valence-electron chi connectivity index (χ2n) is 10.0. The molecule has 14 nitrogen and oxygen atoms in total. The second-order valence-corrected chi connectivity index (χ2v) is 10.0. The van der Waals surface area contributed by atoms with E-state index in [9.17, 15) is 0 Å². The first kappa shape index (κ1) is 28.2. The van der Waals surface area contributed by atoms with E-state index >= 15 is 0 Å². The van der Waals surface area contributed by atoms with Crippen LogP contribution in [0.5, 0.6) is 11.8 Å². The summed E-state index contributed by atoms with van der Waals surface area (Å²) in [5, 5.41) is 18.5. The smallest absolute Gasteiger partial charge is 0.230 e. The van der Waals surface area contributed by atoms with Gasteiger partial charge in [0.2, 0.25) is 23.7 Å². The van der Waals surface area contributed by atoms with Gasteiger partial charge >= 0.3 is 0 Å². The third kappa shape index (κ3) is 7.89. The Morgan fingerprint density at radius 1 is 0.756 bits per heavy atom. The molecule has 0 unspecified atom stereocenters. The van der Waals surface area contributed by atoms with Crippen molar-refractivity contribution in [1.29, 1.82) is 0 Å². The zero-order valence-electron chi connectivity index (χ0n) is 23.8. The number of anilines is 4. The van der Waals surface area contributed by atoms with Gasteiger partial charge in [-0.05, 0) is 58.9 Å². The fraction of sp³-hybridized carbons (Fsp3) is 0.481. The van der Waals surface area contributed by atoms with Gasteiger partial charge in [0, 0.05) is 36.9 Å². The van der Waals surface area contributed by atoms with Crippen LogP contribution < -0.4 is 25.4 Å². The van der Waals surface area contributed by atoms with Crippen molar-refractivity contribution in [2.45, 2.75) is 37.8 Å². The highest BCUT2D eigenvalue weighted by Crippen LogP contribution is 2.24. The van der Waals surface area contributed by atoms with E-state index in [1.807, 2.05) is 21.8 Å². The van der Waals surface area contributed by atoms with Gasteiger partial charge in [-0.1, -0.05) is 0 Å². The van der Waals surface area contributed by atoms with Crippen LogP contribution in [-0.2, 0) is 0 Å². The maximum atomic E-state index is 5.09. The van der Waals surface area contributed by atoms with Crippen LogP contribution in [0.1, 0.15) is 37.8 Å². The van der Waals surface area contributed by atoms with E-state index in [1.165, 1.54) is 0 Å². The number of piperidine rings is 2. The van der Waals surface area contributed by atoms with Crippen molar-refractivity contribution in [3.8, 4) is 11.8 Å². The molecule has 2 aliphatic rings. The van der Waals surface area contributed by atoms with Gasteiger partial charge in [0.1, 0.15) is 0 Å². The van der Waals surface area contributed by atoms with Crippen molar-refractivity contribution in [3.05, 3.63) is 49.3 Å². The van der Waals surface area contributed by atoms with Gasteiger partial charge in [0.05, 0.1) is 50.1 Å². The molecule has 2 fully saturated rings. The van der Waals surface area contributed by atoms with E-state index in [4.69, 9.17) is 9.47 Å². The Morgan fingerprint density at radius 3 is 1.73 bits per heavy atom. The zero-order chi connectivity index (χ0) is 28.4. The van der Waals surface area contributed by atoms with E-state index in [-0.39, 0.29) is 0 Å². The molecule has 2 saturated heterocycles. The van der Waals surface area contributed by atoms with Crippen LogP contribution in [0.3, 0.4) is 0 Å². The first-order valence-electron chi connectivity index (χ1n) is 13.9. The van der Waals surface area contributed by atoms with Crippen molar-refractivity contribution in [2.24, 2.45) is 0 Å². The normalized spacial score (nSPS) is 16.5. The molecule has 4 aromatic heterocycles. The molecule has 0 saturated carbocycles. The quantitative estimate of drug-likeness (QED) is 0.290. The monoisotopic (exact) mass is 562 g/mol. The summed E-state index contributed by atoms with van der Waals surface area (Å²) in [7, 11) is 5.33. The average molecular weight is 563 g/mol. The molecule has 41 heavy (non-hydrogen) atoms. The van der Waals surface area contributed by atoms with Crippen molar-refractivity contribution >= 4 is 23.3 Å². The molecule has 3 N–H and O–H groups in total. The molecule has 6 rings (SSSR count). The minimum Gasteiger partial charge on any atom is -0.481 e. The molecule has 0 amide bonds. The molecule has 0 radical (unpaired) electrons. The summed E-state index contributed by atoms with van der Waals surface area (Å²) in [4.78, 5) is 19.1. The number of hydrogen-bond donors (Lipinski definition) is 3. The minimum absolute atomic E-state index is 0.470. The molecule has 6 heterocycles. The first-order chi connectivity index (χ1) is 20.1. The van der Waals surface area contributed by atoms with Gasteiger partial charge in [-0.2, -0.15) is 20.2 Å². The Labute approximate surface area is 239 Å². The molecular weight excluding hydrogens is 524 g/mol. The standard InChI is InChI=1S/C14H20N6O.C13H18N6O/c1-19-7-4-12(5-8-19)20-10-11(9-16-20)17-14-15-6-3-13(18-14)21-2;1-20-12-4-7-15-13(18-12)17-10-8-16-19(9-10)11-2-5-14-6-3-11/h3,6,9-10,12H,4-5,7-8H2,1-2H3,(H,15,17,18);4,7-9,11,14H,2-3,5-6H2,1H3,(H,15,17,18). The number of likely N-dealkylation sites (tertiary alicyclic amines) is 1. The van der Waals surface area contributed by atoms with E-state index in [0.717, 1.165) is 63.2 Å². The molecule has 218 valence electrons. The summed E-state index contributed by atoms with van der Waals surface area (Å²) >= 11 is 0. The largest absolute Gasteiger partial charge is 0.481 e. The highest BCUT2D eigenvalue weighted by atomic mass is 16.5. The van der Waals surface area contributed by atoms with Gasteiger partial charge in [-0.25, -0.2) is 9.97 Å². The topological polar surface area (TPSA) is 145 Å². The second kappa shape index (κ2) is 13.9. The Bertz CT molecular complexity index is 1360. The molecule has 14 heteroatoms. The van der Waals surface area contributed by atoms with Gasteiger partial charge in [0.25, 0.3) is 0 Å². The number of rotatable bonds is 8. The number of nitrogens with zero attached hydrogens (tertiary/aromatic N) is 9. The van der Waals surface area contributed by atoms with Gasteiger partial charge in [-0.15, -0.1) is 0 Å². The van der Waals surface area contributed by atoms with Gasteiger partial charge in [-0.3, -0.25) is 9.36 Å². The first-order valence-corrected chi connectivity index (χ1v) is 13.9.